The van der Waals surface area contributed by atoms with E-state index >= 15 is 0 Å². The fraction of sp³-hybridized carbons (Fsp3) is 0.0741. The molecule has 0 atom stereocenters. The molecule has 0 aliphatic carbocycles. The van der Waals surface area contributed by atoms with E-state index in [1.165, 1.54) is 33.7 Å². The van der Waals surface area contributed by atoms with Crippen LogP contribution in [-0.2, 0) is 6.42 Å². The molecular weight excluding hydrogens is 366 g/mol. The van der Waals surface area contributed by atoms with Crippen molar-refractivity contribution >= 4 is 28.1 Å². The molecule has 1 aromatic heterocycles. The van der Waals surface area contributed by atoms with Crippen LogP contribution in [0.3, 0.4) is 0 Å². The maximum absolute atomic E-state index is 5.05. The molecule has 0 unspecified atom stereocenters. The maximum atomic E-state index is 5.05. The predicted molar refractivity (Wildman–Crippen MR) is 124 cm³/mol. The quantitative estimate of drug-likeness (QED) is 0.325. The normalized spacial score (nSPS) is 12.2. The van der Waals surface area contributed by atoms with Gasteiger partial charge in [0.2, 0.25) is 0 Å². The molecule has 3 heteroatoms. The average molecular weight is 387 g/mol. The van der Waals surface area contributed by atoms with E-state index in [1.54, 1.807) is 0 Å². The minimum absolute atomic E-state index is 0.883. The van der Waals surface area contributed by atoms with E-state index in [-0.39, 0.29) is 0 Å². The molecule has 144 valence electrons. The fourth-order valence-corrected chi connectivity index (χ4v) is 4.53. The summed E-state index contributed by atoms with van der Waals surface area (Å²) in [7, 11) is 0. The van der Waals surface area contributed by atoms with Crippen LogP contribution in [0, 0.1) is 0 Å². The molecule has 5 aromatic rings. The van der Waals surface area contributed by atoms with Gasteiger partial charge in [0.1, 0.15) is 5.82 Å². The number of rotatable bonds is 3. The topological polar surface area (TPSA) is 21.1 Å². The Balaban J connectivity index is 1.74. The van der Waals surface area contributed by atoms with E-state index in [9.17, 15) is 0 Å². The van der Waals surface area contributed by atoms with Crippen LogP contribution in [0.1, 0.15) is 12.7 Å². The number of benzene rings is 4. The Hall–Kier alpha value is -3.85. The maximum Gasteiger partial charge on any atom is 0.114 e. The number of aromatic nitrogens is 2. The fourth-order valence-electron chi connectivity index (χ4n) is 4.53. The Labute approximate surface area is 175 Å². The van der Waals surface area contributed by atoms with Gasteiger partial charge in [-0.15, -0.1) is 0 Å². The lowest BCUT2D eigenvalue weighted by Gasteiger charge is -2.33. The number of anilines is 3. The summed E-state index contributed by atoms with van der Waals surface area (Å²) in [5.41, 5.74) is 9.29. The van der Waals surface area contributed by atoms with Gasteiger partial charge < -0.3 is 4.90 Å². The number of nitrogens with zero attached hydrogens (tertiary/aromatic N) is 3. The molecule has 3 nitrogen and oxygen atoms in total. The van der Waals surface area contributed by atoms with Gasteiger partial charge in [0.05, 0.1) is 28.1 Å². The van der Waals surface area contributed by atoms with Crippen molar-refractivity contribution < 1.29 is 0 Å². The minimum Gasteiger partial charge on any atom is -0.306 e. The Morgan fingerprint density at radius 3 is 2.07 bits per heavy atom. The summed E-state index contributed by atoms with van der Waals surface area (Å²) in [6.07, 6.45) is 0.883. The molecule has 0 amide bonds. The summed E-state index contributed by atoms with van der Waals surface area (Å²) in [6.45, 7) is 2.18. The Kier molecular flexibility index (Phi) is 3.75. The van der Waals surface area contributed by atoms with Crippen LogP contribution in [0.5, 0.6) is 0 Å². The zero-order valence-electron chi connectivity index (χ0n) is 16.8. The largest absolute Gasteiger partial charge is 0.306 e. The predicted octanol–water partition coefficient (Wildman–Crippen LogP) is 7.04. The van der Waals surface area contributed by atoms with E-state index in [1.807, 2.05) is 0 Å². The Morgan fingerprint density at radius 1 is 0.667 bits per heavy atom. The minimum atomic E-state index is 0.883. The molecule has 30 heavy (non-hydrogen) atoms. The molecule has 1 aliphatic rings. The van der Waals surface area contributed by atoms with Crippen LogP contribution in [-0.4, -0.2) is 9.55 Å². The third kappa shape index (κ3) is 2.42. The lowest BCUT2D eigenvalue weighted by Crippen LogP contribution is -2.19. The van der Waals surface area contributed by atoms with Crippen molar-refractivity contribution in [3.05, 3.63) is 103 Å². The Morgan fingerprint density at radius 2 is 1.33 bits per heavy atom. The van der Waals surface area contributed by atoms with Crippen LogP contribution >= 0.6 is 0 Å². The average Bonchev–Trinajstić information content (AvgIpc) is 3.20. The number of fused-ring (bicyclic) bond motifs is 2. The van der Waals surface area contributed by atoms with E-state index in [0.29, 0.717) is 0 Å². The molecule has 2 heterocycles. The smallest absolute Gasteiger partial charge is 0.114 e. The zero-order chi connectivity index (χ0) is 20.1. The van der Waals surface area contributed by atoms with E-state index in [0.717, 1.165) is 23.4 Å². The van der Waals surface area contributed by atoms with E-state index in [4.69, 9.17) is 4.98 Å². The highest BCUT2D eigenvalue weighted by molar-refractivity contribution is 6.03. The third-order valence-corrected chi connectivity index (χ3v) is 5.84. The molecule has 0 bridgehead atoms. The third-order valence-electron chi connectivity index (χ3n) is 5.84. The molecule has 0 radical (unpaired) electrons. The standard InChI is InChI=1S/C27H21N3/c1-2-26-28-22-17-20(19-11-5-3-6-12-19)18-25-27(22)30(26)24-16-10-9-15-23(24)29(25)21-13-7-4-8-14-21/h3-18H,2H2,1H3. The van der Waals surface area contributed by atoms with Crippen LogP contribution in [0.15, 0.2) is 97.1 Å². The molecule has 1 aliphatic heterocycles. The van der Waals surface area contributed by atoms with Gasteiger partial charge in [0.15, 0.2) is 0 Å². The van der Waals surface area contributed by atoms with Gasteiger partial charge in [-0.05, 0) is 47.5 Å². The molecule has 0 saturated carbocycles. The van der Waals surface area contributed by atoms with Gasteiger partial charge in [-0.3, -0.25) is 4.57 Å². The summed E-state index contributed by atoms with van der Waals surface area (Å²) in [5.74, 6) is 1.09. The van der Waals surface area contributed by atoms with Gasteiger partial charge in [0.25, 0.3) is 0 Å². The molecule has 0 spiro atoms. The highest BCUT2D eigenvalue weighted by atomic mass is 15.2. The van der Waals surface area contributed by atoms with E-state index < -0.39 is 0 Å². The highest BCUT2D eigenvalue weighted by Gasteiger charge is 2.29. The Bertz CT molecular complexity index is 1370. The van der Waals surface area contributed by atoms with E-state index in [2.05, 4.69) is 113 Å². The van der Waals surface area contributed by atoms with Crippen molar-refractivity contribution in [3.63, 3.8) is 0 Å². The molecule has 4 aromatic carbocycles. The SMILES string of the molecule is CCc1nc2cc(-c3ccccc3)cc3c2n1-c1ccccc1N3c1ccccc1. The van der Waals surface area contributed by atoms with Gasteiger partial charge in [-0.1, -0.05) is 67.6 Å². The monoisotopic (exact) mass is 387 g/mol. The first-order valence-electron chi connectivity index (χ1n) is 10.4. The lowest BCUT2D eigenvalue weighted by atomic mass is 10.0. The first kappa shape index (κ1) is 17.0. The molecule has 0 fully saturated rings. The number of aryl methyl sites for hydroxylation is 1. The molecule has 6 rings (SSSR count). The lowest BCUT2D eigenvalue weighted by molar-refractivity contribution is 0.900. The van der Waals surface area contributed by atoms with Crippen molar-refractivity contribution in [1.29, 1.82) is 0 Å². The second kappa shape index (κ2) is 6.60. The van der Waals surface area contributed by atoms with Crippen molar-refractivity contribution in [1.82, 2.24) is 9.55 Å². The van der Waals surface area contributed by atoms with Crippen molar-refractivity contribution in [2.24, 2.45) is 0 Å². The second-order valence-electron chi connectivity index (χ2n) is 7.61. The molecular formula is C27H21N3. The summed E-state index contributed by atoms with van der Waals surface area (Å²) in [5, 5.41) is 0. The van der Waals surface area contributed by atoms with Gasteiger partial charge in [-0.25, -0.2) is 4.98 Å². The first-order valence-corrected chi connectivity index (χ1v) is 10.4. The number of para-hydroxylation sites is 3. The number of hydrogen-bond acceptors (Lipinski definition) is 2. The molecule has 0 saturated heterocycles. The van der Waals surface area contributed by atoms with Crippen LogP contribution in [0.25, 0.3) is 27.8 Å². The van der Waals surface area contributed by atoms with Gasteiger partial charge in [-0.2, -0.15) is 0 Å². The number of imidazole rings is 1. The number of hydrogen-bond donors (Lipinski definition) is 0. The second-order valence-corrected chi connectivity index (χ2v) is 7.61. The first-order chi connectivity index (χ1) is 14.8. The molecule has 0 N–H and O–H groups in total. The van der Waals surface area contributed by atoms with Crippen molar-refractivity contribution in [2.45, 2.75) is 13.3 Å². The summed E-state index contributed by atoms with van der Waals surface area (Å²) >= 11 is 0. The summed E-state index contributed by atoms with van der Waals surface area (Å²) in [6, 6.07) is 34.3. The summed E-state index contributed by atoms with van der Waals surface area (Å²) < 4.78 is 2.34. The van der Waals surface area contributed by atoms with Crippen molar-refractivity contribution in [2.75, 3.05) is 4.90 Å². The van der Waals surface area contributed by atoms with Gasteiger partial charge in [0, 0.05) is 12.1 Å². The van der Waals surface area contributed by atoms with Crippen molar-refractivity contribution in [3.8, 4) is 16.8 Å². The van der Waals surface area contributed by atoms with Crippen LogP contribution in [0.2, 0.25) is 0 Å². The van der Waals surface area contributed by atoms with Crippen LogP contribution in [0.4, 0.5) is 17.1 Å². The summed E-state index contributed by atoms with van der Waals surface area (Å²) in [4.78, 5) is 7.42. The van der Waals surface area contributed by atoms with Gasteiger partial charge >= 0.3 is 0 Å². The van der Waals surface area contributed by atoms with Crippen LogP contribution < -0.4 is 4.90 Å². The zero-order valence-corrected chi connectivity index (χ0v) is 16.8. The highest BCUT2D eigenvalue weighted by Crippen LogP contribution is 2.48.